The molecule has 0 bridgehead atoms. The van der Waals surface area contributed by atoms with E-state index in [0.29, 0.717) is 12.2 Å². The van der Waals surface area contributed by atoms with Crippen molar-refractivity contribution in [3.05, 3.63) is 95.1 Å². The summed E-state index contributed by atoms with van der Waals surface area (Å²) in [5, 5.41) is 2.85. The topological polar surface area (TPSA) is 35.6 Å². The van der Waals surface area contributed by atoms with Gasteiger partial charge in [0.25, 0.3) is 0 Å². The van der Waals surface area contributed by atoms with Crippen molar-refractivity contribution in [3.8, 4) is 0 Å². The molecule has 3 aromatic rings. The Kier molecular flexibility index (Phi) is 5.62. The fourth-order valence-corrected chi connectivity index (χ4v) is 5.18. The molecule has 2 aliphatic rings. The zero-order chi connectivity index (χ0) is 23.0. The number of nitrogens with one attached hydrogen (secondary N) is 1. The van der Waals surface area contributed by atoms with Crippen LogP contribution in [0.2, 0.25) is 0 Å². The number of nitrogens with zero attached hydrogens (tertiary/aromatic N) is 2. The number of hydrogen-bond acceptors (Lipinski definition) is 2. The molecule has 33 heavy (non-hydrogen) atoms. The van der Waals surface area contributed by atoms with Gasteiger partial charge in [-0.15, -0.1) is 0 Å². The number of urea groups is 1. The van der Waals surface area contributed by atoms with Crippen molar-refractivity contribution in [2.45, 2.75) is 31.7 Å². The Bertz CT molecular complexity index is 1170. The van der Waals surface area contributed by atoms with Gasteiger partial charge in [-0.25, -0.2) is 13.6 Å². The van der Waals surface area contributed by atoms with Crippen LogP contribution in [0.1, 0.15) is 29.5 Å². The molecule has 0 aromatic heterocycles. The van der Waals surface area contributed by atoms with E-state index in [4.69, 9.17) is 0 Å². The number of likely N-dealkylation sites (tertiary alicyclic amines) is 1. The fourth-order valence-electron chi connectivity index (χ4n) is 5.18. The van der Waals surface area contributed by atoms with Crippen LogP contribution in [0.15, 0.2) is 66.7 Å². The lowest BCUT2D eigenvalue weighted by atomic mass is 9.74. The van der Waals surface area contributed by atoms with Crippen LogP contribution in [0.4, 0.5) is 25.0 Å². The van der Waals surface area contributed by atoms with Gasteiger partial charge in [0.05, 0.1) is 0 Å². The molecule has 5 rings (SSSR count). The maximum atomic E-state index is 14.2. The molecule has 2 amide bonds. The summed E-state index contributed by atoms with van der Waals surface area (Å²) in [5.74, 6) is -0.637. The molecule has 1 fully saturated rings. The minimum Gasteiger partial charge on any atom is -0.308 e. The van der Waals surface area contributed by atoms with E-state index in [1.54, 1.807) is 17.0 Å². The Morgan fingerprint density at radius 2 is 1.70 bits per heavy atom. The summed E-state index contributed by atoms with van der Waals surface area (Å²) in [6.45, 7) is 5.28. The number of aryl methyl sites for hydroxylation is 1. The lowest BCUT2D eigenvalue weighted by Gasteiger charge is -2.40. The van der Waals surface area contributed by atoms with Gasteiger partial charge in [0, 0.05) is 29.9 Å². The van der Waals surface area contributed by atoms with E-state index in [0.717, 1.165) is 43.7 Å². The second-order valence-corrected chi connectivity index (χ2v) is 9.23. The SMILES string of the molecule is Cc1cccc(CN2CCC3(CC2)CN(C(=O)Nc2ccc(F)cc2)c2ccc(F)cc23)c1. The molecule has 1 spiro atoms. The lowest BCUT2D eigenvalue weighted by Crippen LogP contribution is -2.46. The van der Waals surface area contributed by atoms with Crippen molar-refractivity contribution in [2.24, 2.45) is 0 Å². The van der Waals surface area contributed by atoms with Crippen molar-refractivity contribution in [3.63, 3.8) is 0 Å². The molecule has 0 aliphatic carbocycles. The van der Waals surface area contributed by atoms with Crippen molar-refractivity contribution < 1.29 is 13.6 Å². The second kappa shape index (κ2) is 8.60. The van der Waals surface area contributed by atoms with Crippen LogP contribution in [0.5, 0.6) is 0 Å². The molecule has 1 saturated heterocycles. The summed E-state index contributed by atoms with van der Waals surface area (Å²) in [4.78, 5) is 17.3. The van der Waals surface area contributed by atoms with E-state index in [-0.39, 0.29) is 23.1 Å². The quantitative estimate of drug-likeness (QED) is 0.546. The smallest absolute Gasteiger partial charge is 0.308 e. The van der Waals surface area contributed by atoms with Gasteiger partial charge in [0.1, 0.15) is 11.6 Å². The van der Waals surface area contributed by atoms with Crippen LogP contribution in [-0.2, 0) is 12.0 Å². The predicted molar refractivity (Wildman–Crippen MR) is 127 cm³/mol. The number of carbonyl (C=O) groups excluding carboxylic acids is 1. The zero-order valence-corrected chi connectivity index (χ0v) is 18.7. The molecule has 6 heteroatoms. The van der Waals surface area contributed by atoms with Crippen LogP contribution in [-0.4, -0.2) is 30.6 Å². The van der Waals surface area contributed by atoms with Crippen LogP contribution < -0.4 is 10.2 Å². The number of piperidine rings is 1. The van der Waals surface area contributed by atoms with E-state index in [1.165, 1.54) is 41.5 Å². The van der Waals surface area contributed by atoms with Crippen LogP contribution in [0, 0.1) is 18.6 Å². The summed E-state index contributed by atoms with van der Waals surface area (Å²) < 4.78 is 27.5. The van der Waals surface area contributed by atoms with Gasteiger partial charge in [0.15, 0.2) is 0 Å². The molecular weight excluding hydrogens is 420 g/mol. The summed E-state index contributed by atoms with van der Waals surface area (Å²) in [6, 6.07) is 18.7. The van der Waals surface area contributed by atoms with Crippen molar-refractivity contribution in [2.75, 3.05) is 29.9 Å². The minimum absolute atomic E-state index is 0.263. The average molecular weight is 448 g/mol. The highest BCUT2D eigenvalue weighted by atomic mass is 19.1. The molecule has 2 aliphatic heterocycles. The Labute approximate surface area is 192 Å². The van der Waals surface area contributed by atoms with Gasteiger partial charge in [-0.05, 0) is 86.4 Å². The van der Waals surface area contributed by atoms with Gasteiger partial charge in [0.2, 0.25) is 0 Å². The Morgan fingerprint density at radius 1 is 0.970 bits per heavy atom. The Hall–Kier alpha value is -3.25. The molecule has 4 nitrogen and oxygen atoms in total. The molecule has 170 valence electrons. The number of amides is 2. The molecule has 0 unspecified atom stereocenters. The number of benzene rings is 3. The molecule has 0 saturated carbocycles. The molecule has 0 atom stereocenters. The molecule has 2 heterocycles. The third-order valence-corrected chi connectivity index (χ3v) is 6.92. The van der Waals surface area contributed by atoms with Gasteiger partial charge in [-0.3, -0.25) is 9.80 Å². The molecule has 0 radical (unpaired) electrons. The monoisotopic (exact) mass is 447 g/mol. The largest absolute Gasteiger partial charge is 0.326 e. The molecular formula is C27H27F2N3O. The number of fused-ring (bicyclic) bond motifs is 2. The molecule has 1 N–H and O–H groups in total. The van der Waals surface area contributed by atoms with Gasteiger partial charge < -0.3 is 5.32 Å². The Morgan fingerprint density at radius 3 is 2.42 bits per heavy atom. The fraction of sp³-hybridized carbons (Fsp3) is 0.296. The summed E-state index contributed by atoms with van der Waals surface area (Å²) >= 11 is 0. The van der Waals surface area contributed by atoms with Crippen molar-refractivity contribution in [1.82, 2.24) is 4.90 Å². The van der Waals surface area contributed by atoms with E-state index >= 15 is 0 Å². The third-order valence-electron chi connectivity index (χ3n) is 6.92. The maximum Gasteiger partial charge on any atom is 0.326 e. The van der Waals surface area contributed by atoms with Crippen molar-refractivity contribution in [1.29, 1.82) is 0 Å². The highest BCUT2D eigenvalue weighted by Crippen LogP contribution is 2.47. The van der Waals surface area contributed by atoms with E-state index in [9.17, 15) is 13.6 Å². The normalized spacial score (nSPS) is 17.2. The standard InChI is InChI=1S/C27H27F2N3O/c1-19-3-2-4-20(15-19)17-31-13-11-27(12-14-31)18-32(25-10-7-22(29)16-24(25)27)26(33)30-23-8-5-21(28)6-9-23/h2-10,15-16H,11-14,17-18H2,1H3,(H,30,33). The van der Waals surface area contributed by atoms with Gasteiger partial charge in [-0.2, -0.15) is 0 Å². The first-order valence-electron chi connectivity index (χ1n) is 11.3. The first kappa shape index (κ1) is 21.6. The zero-order valence-electron chi connectivity index (χ0n) is 18.7. The lowest BCUT2D eigenvalue weighted by molar-refractivity contribution is 0.160. The number of anilines is 2. The molecule has 3 aromatic carbocycles. The number of rotatable bonds is 3. The first-order chi connectivity index (χ1) is 15.9. The van der Waals surface area contributed by atoms with E-state index in [1.807, 2.05) is 0 Å². The van der Waals surface area contributed by atoms with Gasteiger partial charge in [-0.1, -0.05) is 29.8 Å². The van der Waals surface area contributed by atoms with Gasteiger partial charge >= 0.3 is 6.03 Å². The van der Waals surface area contributed by atoms with Crippen LogP contribution in [0.3, 0.4) is 0 Å². The average Bonchev–Trinajstić information content (AvgIpc) is 3.10. The highest BCUT2D eigenvalue weighted by molar-refractivity contribution is 6.03. The van der Waals surface area contributed by atoms with Crippen LogP contribution in [0.25, 0.3) is 0 Å². The number of carbonyl (C=O) groups is 1. The van der Waals surface area contributed by atoms with Crippen molar-refractivity contribution >= 4 is 17.4 Å². The number of halogens is 2. The summed E-state index contributed by atoms with van der Waals surface area (Å²) in [6.07, 6.45) is 1.71. The summed E-state index contributed by atoms with van der Waals surface area (Å²) in [7, 11) is 0. The first-order valence-corrected chi connectivity index (χ1v) is 11.3. The number of hydrogen-bond donors (Lipinski definition) is 1. The van der Waals surface area contributed by atoms with E-state index in [2.05, 4.69) is 41.4 Å². The second-order valence-electron chi connectivity index (χ2n) is 9.23. The minimum atomic E-state index is -0.355. The van der Waals surface area contributed by atoms with E-state index < -0.39 is 0 Å². The highest BCUT2D eigenvalue weighted by Gasteiger charge is 2.46. The maximum absolute atomic E-state index is 14.2. The third kappa shape index (κ3) is 4.35. The van der Waals surface area contributed by atoms with Crippen LogP contribution >= 0.6 is 0 Å². The Balaban J connectivity index is 1.34. The predicted octanol–water partition coefficient (Wildman–Crippen LogP) is 5.86. The summed E-state index contributed by atoms with van der Waals surface area (Å²) in [5.41, 5.74) is 4.47.